The molecule has 3 nitrogen and oxygen atoms in total. The largest absolute Gasteiger partial charge is 0.336 e. The summed E-state index contributed by atoms with van der Waals surface area (Å²) in [4.78, 5) is 13.6. The number of amides is 1. The molecule has 2 rings (SSSR count). The van der Waals surface area contributed by atoms with E-state index in [1.807, 2.05) is 30.1 Å². The Balaban J connectivity index is 2.39. The molecular formula is C14H20N2O. The van der Waals surface area contributed by atoms with Crippen LogP contribution in [0.3, 0.4) is 0 Å². The molecule has 0 atom stereocenters. The summed E-state index contributed by atoms with van der Waals surface area (Å²) < 4.78 is 0. The summed E-state index contributed by atoms with van der Waals surface area (Å²) >= 11 is 0. The number of carbonyl (C=O) groups excluding carboxylic acids is 1. The van der Waals surface area contributed by atoms with Crippen LogP contribution in [0, 0.1) is 0 Å². The van der Waals surface area contributed by atoms with Gasteiger partial charge in [-0.3, -0.25) is 4.79 Å². The Kier molecular flexibility index (Phi) is 3.48. The highest BCUT2D eigenvalue weighted by atomic mass is 16.2. The molecule has 1 amide bonds. The minimum atomic E-state index is -0.127. The fourth-order valence-electron chi connectivity index (χ4n) is 2.71. The van der Waals surface area contributed by atoms with Crippen LogP contribution in [0.25, 0.3) is 0 Å². The van der Waals surface area contributed by atoms with Crippen molar-refractivity contribution >= 4 is 5.91 Å². The first-order chi connectivity index (χ1) is 8.17. The van der Waals surface area contributed by atoms with Crippen molar-refractivity contribution in [3.8, 4) is 0 Å². The second-order valence-electron chi connectivity index (χ2n) is 4.73. The second kappa shape index (κ2) is 4.88. The van der Waals surface area contributed by atoms with Gasteiger partial charge < -0.3 is 10.2 Å². The first kappa shape index (κ1) is 12.1. The second-order valence-corrected chi connectivity index (χ2v) is 4.73. The van der Waals surface area contributed by atoms with Crippen molar-refractivity contribution in [2.75, 3.05) is 20.1 Å². The molecule has 1 heterocycles. The van der Waals surface area contributed by atoms with Gasteiger partial charge in [-0.05, 0) is 31.5 Å². The summed E-state index contributed by atoms with van der Waals surface area (Å²) in [7, 11) is 1.92. The molecule has 0 bridgehead atoms. The summed E-state index contributed by atoms with van der Waals surface area (Å²) in [6.07, 6.45) is 1.96. The molecule has 0 radical (unpaired) electrons. The number of piperidine rings is 1. The van der Waals surface area contributed by atoms with Crippen LogP contribution in [0.1, 0.15) is 25.3 Å². The molecule has 1 N–H and O–H groups in total. The zero-order valence-corrected chi connectivity index (χ0v) is 10.6. The standard InChI is InChI=1S/C14H20N2O/c1-12(17)16(2)14(8-10-15-11-9-14)13-6-4-3-5-7-13/h3-7,15H,8-11H2,1-2H3. The van der Waals surface area contributed by atoms with E-state index in [9.17, 15) is 4.79 Å². The number of nitrogens with zero attached hydrogens (tertiary/aromatic N) is 1. The Bertz CT molecular complexity index is 382. The van der Waals surface area contributed by atoms with Gasteiger partial charge in [-0.15, -0.1) is 0 Å². The Morgan fingerprint density at radius 2 is 1.82 bits per heavy atom. The van der Waals surface area contributed by atoms with Crippen LogP contribution in [-0.4, -0.2) is 30.9 Å². The molecule has 0 aliphatic carbocycles. The fourth-order valence-corrected chi connectivity index (χ4v) is 2.71. The lowest BCUT2D eigenvalue weighted by molar-refractivity contribution is -0.134. The maximum absolute atomic E-state index is 11.7. The third kappa shape index (κ3) is 2.20. The van der Waals surface area contributed by atoms with Crippen LogP contribution in [0.15, 0.2) is 30.3 Å². The topological polar surface area (TPSA) is 32.3 Å². The van der Waals surface area contributed by atoms with Crippen molar-refractivity contribution < 1.29 is 4.79 Å². The maximum atomic E-state index is 11.7. The fraction of sp³-hybridized carbons (Fsp3) is 0.500. The summed E-state index contributed by atoms with van der Waals surface area (Å²) in [5.41, 5.74) is 1.12. The van der Waals surface area contributed by atoms with Gasteiger partial charge in [0, 0.05) is 14.0 Å². The third-order valence-electron chi connectivity index (χ3n) is 3.86. The maximum Gasteiger partial charge on any atom is 0.219 e. The van der Waals surface area contributed by atoms with Gasteiger partial charge in [-0.1, -0.05) is 30.3 Å². The number of carbonyl (C=O) groups is 1. The molecule has 1 aromatic rings. The molecular weight excluding hydrogens is 212 g/mol. The predicted molar refractivity (Wildman–Crippen MR) is 68.7 cm³/mol. The zero-order chi connectivity index (χ0) is 12.3. The number of hydrogen-bond donors (Lipinski definition) is 1. The van der Waals surface area contributed by atoms with Gasteiger partial charge in [-0.25, -0.2) is 0 Å². The molecule has 1 aliphatic rings. The van der Waals surface area contributed by atoms with Crippen LogP contribution in [0.4, 0.5) is 0 Å². The molecule has 0 saturated carbocycles. The van der Waals surface area contributed by atoms with E-state index in [1.54, 1.807) is 6.92 Å². The Morgan fingerprint density at radius 1 is 1.24 bits per heavy atom. The predicted octanol–water partition coefficient (Wildman–Crippen LogP) is 1.74. The van der Waals surface area contributed by atoms with Crippen LogP contribution in [0.2, 0.25) is 0 Å². The van der Waals surface area contributed by atoms with Crippen LogP contribution in [0.5, 0.6) is 0 Å². The number of rotatable bonds is 2. The van der Waals surface area contributed by atoms with E-state index in [0.29, 0.717) is 0 Å². The minimum absolute atomic E-state index is 0.127. The summed E-state index contributed by atoms with van der Waals surface area (Å²) in [6, 6.07) is 10.4. The van der Waals surface area contributed by atoms with Crippen LogP contribution >= 0.6 is 0 Å². The van der Waals surface area contributed by atoms with Crippen molar-refractivity contribution in [3.63, 3.8) is 0 Å². The molecule has 17 heavy (non-hydrogen) atoms. The quantitative estimate of drug-likeness (QED) is 0.842. The average Bonchev–Trinajstić information content (AvgIpc) is 2.39. The molecule has 3 heteroatoms. The van der Waals surface area contributed by atoms with Gasteiger partial charge in [0.25, 0.3) is 0 Å². The van der Waals surface area contributed by atoms with Gasteiger partial charge in [0.05, 0.1) is 5.54 Å². The third-order valence-corrected chi connectivity index (χ3v) is 3.86. The number of benzene rings is 1. The lowest BCUT2D eigenvalue weighted by Gasteiger charge is -2.45. The highest BCUT2D eigenvalue weighted by molar-refractivity contribution is 5.74. The van der Waals surface area contributed by atoms with E-state index >= 15 is 0 Å². The smallest absolute Gasteiger partial charge is 0.219 e. The first-order valence-corrected chi connectivity index (χ1v) is 6.17. The van der Waals surface area contributed by atoms with E-state index in [-0.39, 0.29) is 11.4 Å². The van der Waals surface area contributed by atoms with E-state index in [1.165, 1.54) is 5.56 Å². The van der Waals surface area contributed by atoms with Crippen LogP contribution in [-0.2, 0) is 10.3 Å². The van der Waals surface area contributed by atoms with Crippen molar-refractivity contribution in [2.24, 2.45) is 0 Å². The number of nitrogens with one attached hydrogen (secondary N) is 1. The molecule has 1 saturated heterocycles. The molecule has 0 spiro atoms. The molecule has 0 aromatic heterocycles. The SMILES string of the molecule is CC(=O)N(C)C1(c2ccccc2)CCNCC1. The monoisotopic (exact) mass is 232 g/mol. The van der Waals surface area contributed by atoms with Crippen molar-refractivity contribution in [3.05, 3.63) is 35.9 Å². The van der Waals surface area contributed by atoms with Crippen molar-refractivity contribution in [1.82, 2.24) is 10.2 Å². The van der Waals surface area contributed by atoms with Crippen molar-refractivity contribution in [1.29, 1.82) is 0 Å². The van der Waals surface area contributed by atoms with Gasteiger partial charge in [0.2, 0.25) is 5.91 Å². The minimum Gasteiger partial charge on any atom is -0.336 e. The molecule has 1 fully saturated rings. The molecule has 92 valence electrons. The highest BCUT2D eigenvalue weighted by Gasteiger charge is 2.38. The number of hydrogen-bond acceptors (Lipinski definition) is 2. The molecule has 0 unspecified atom stereocenters. The summed E-state index contributed by atoms with van der Waals surface area (Å²) in [6.45, 7) is 3.58. The summed E-state index contributed by atoms with van der Waals surface area (Å²) in [5.74, 6) is 0.135. The van der Waals surface area contributed by atoms with Gasteiger partial charge >= 0.3 is 0 Å². The Hall–Kier alpha value is -1.35. The lowest BCUT2D eigenvalue weighted by Crippen LogP contribution is -2.52. The summed E-state index contributed by atoms with van der Waals surface area (Å²) in [5, 5.41) is 3.37. The van der Waals surface area contributed by atoms with Crippen LogP contribution < -0.4 is 5.32 Å². The zero-order valence-electron chi connectivity index (χ0n) is 10.6. The normalized spacial score (nSPS) is 18.7. The highest BCUT2D eigenvalue weighted by Crippen LogP contribution is 2.36. The Morgan fingerprint density at radius 3 is 2.35 bits per heavy atom. The lowest BCUT2D eigenvalue weighted by atomic mass is 9.80. The first-order valence-electron chi connectivity index (χ1n) is 6.17. The van der Waals surface area contributed by atoms with Gasteiger partial charge in [0.15, 0.2) is 0 Å². The van der Waals surface area contributed by atoms with E-state index in [2.05, 4.69) is 17.4 Å². The Labute approximate surface area is 103 Å². The average molecular weight is 232 g/mol. The van der Waals surface area contributed by atoms with E-state index in [4.69, 9.17) is 0 Å². The van der Waals surface area contributed by atoms with E-state index < -0.39 is 0 Å². The van der Waals surface area contributed by atoms with Gasteiger partial charge in [-0.2, -0.15) is 0 Å². The molecule has 1 aromatic carbocycles. The van der Waals surface area contributed by atoms with E-state index in [0.717, 1.165) is 25.9 Å². The van der Waals surface area contributed by atoms with Gasteiger partial charge in [0.1, 0.15) is 0 Å². The van der Waals surface area contributed by atoms with Crippen molar-refractivity contribution in [2.45, 2.75) is 25.3 Å². The molecule has 1 aliphatic heterocycles.